The summed E-state index contributed by atoms with van der Waals surface area (Å²) in [5.41, 5.74) is 0. The van der Waals surface area contributed by atoms with Crippen LogP contribution in [0, 0.1) is 0 Å². The van der Waals surface area contributed by atoms with E-state index in [0.29, 0.717) is 42.0 Å². The molecule has 2 aromatic heterocycles. The van der Waals surface area contributed by atoms with E-state index in [1.54, 1.807) is 30.6 Å². The molecule has 3 rings (SSSR count). The Balaban J connectivity index is 1.60. The van der Waals surface area contributed by atoms with Crippen LogP contribution in [0.1, 0.15) is 16.6 Å². The Labute approximate surface area is 138 Å². The van der Waals surface area contributed by atoms with Gasteiger partial charge in [0.15, 0.2) is 0 Å². The molecule has 23 heavy (non-hydrogen) atoms. The van der Waals surface area contributed by atoms with Crippen LogP contribution < -0.4 is 10.2 Å². The number of aromatic nitrogens is 2. The Bertz CT molecular complexity index is 695. The first-order valence-electron chi connectivity index (χ1n) is 7.32. The number of anilines is 2. The minimum Gasteiger partial charge on any atom is -0.337 e. The minimum absolute atomic E-state index is 0.000215. The van der Waals surface area contributed by atoms with E-state index in [9.17, 15) is 9.59 Å². The highest BCUT2D eigenvalue weighted by atomic mass is 32.1. The SMILES string of the molecule is CC(=O)Nc1ccc(C(=O)N2CCN(c3ncccn3)CC2)s1. The molecule has 0 atom stereocenters. The van der Waals surface area contributed by atoms with Gasteiger partial charge in [-0.3, -0.25) is 9.59 Å². The number of carbonyl (C=O) groups is 2. The summed E-state index contributed by atoms with van der Waals surface area (Å²) >= 11 is 1.30. The first-order valence-corrected chi connectivity index (χ1v) is 8.14. The van der Waals surface area contributed by atoms with Gasteiger partial charge in [-0.1, -0.05) is 0 Å². The van der Waals surface area contributed by atoms with Crippen molar-refractivity contribution < 1.29 is 9.59 Å². The van der Waals surface area contributed by atoms with Crippen LogP contribution in [0.15, 0.2) is 30.6 Å². The zero-order chi connectivity index (χ0) is 16.2. The van der Waals surface area contributed by atoms with Gasteiger partial charge in [-0.2, -0.15) is 0 Å². The van der Waals surface area contributed by atoms with E-state index in [4.69, 9.17) is 0 Å². The maximum Gasteiger partial charge on any atom is 0.264 e. The molecular formula is C15H17N5O2S. The summed E-state index contributed by atoms with van der Waals surface area (Å²) in [5.74, 6) is 0.561. The lowest BCUT2D eigenvalue weighted by atomic mass is 10.3. The van der Waals surface area contributed by atoms with Crippen LogP contribution in [-0.4, -0.2) is 52.9 Å². The predicted molar refractivity (Wildman–Crippen MR) is 88.8 cm³/mol. The Morgan fingerprint density at radius 1 is 1.13 bits per heavy atom. The summed E-state index contributed by atoms with van der Waals surface area (Å²) in [6.45, 7) is 4.13. The number of nitrogens with one attached hydrogen (secondary N) is 1. The third-order valence-corrected chi connectivity index (χ3v) is 4.51. The molecule has 1 saturated heterocycles. The second-order valence-corrected chi connectivity index (χ2v) is 6.26. The Kier molecular flexibility index (Phi) is 4.52. The van der Waals surface area contributed by atoms with Gasteiger partial charge in [-0.25, -0.2) is 9.97 Å². The number of nitrogens with zero attached hydrogens (tertiary/aromatic N) is 4. The van der Waals surface area contributed by atoms with Crippen molar-refractivity contribution >= 4 is 34.1 Å². The van der Waals surface area contributed by atoms with E-state index in [1.807, 2.05) is 4.90 Å². The molecule has 1 aliphatic heterocycles. The van der Waals surface area contributed by atoms with Crippen LogP contribution in [0.3, 0.4) is 0 Å². The van der Waals surface area contributed by atoms with E-state index in [2.05, 4.69) is 20.2 Å². The number of hydrogen-bond acceptors (Lipinski definition) is 6. The lowest BCUT2D eigenvalue weighted by Crippen LogP contribution is -2.49. The van der Waals surface area contributed by atoms with E-state index in [1.165, 1.54) is 18.3 Å². The fourth-order valence-corrected chi connectivity index (χ4v) is 3.33. The molecule has 2 aromatic rings. The smallest absolute Gasteiger partial charge is 0.264 e. The molecule has 0 bridgehead atoms. The van der Waals surface area contributed by atoms with E-state index in [-0.39, 0.29) is 11.8 Å². The third-order valence-electron chi connectivity index (χ3n) is 3.52. The highest BCUT2D eigenvalue weighted by molar-refractivity contribution is 7.18. The van der Waals surface area contributed by atoms with Gasteiger partial charge in [0.1, 0.15) is 0 Å². The largest absolute Gasteiger partial charge is 0.337 e. The zero-order valence-electron chi connectivity index (χ0n) is 12.7. The molecule has 1 N–H and O–H groups in total. The van der Waals surface area contributed by atoms with Crippen molar-refractivity contribution in [3.05, 3.63) is 35.5 Å². The normalized spacial score (nSPS) is 14.7. The second kappa shape index (κ2) is 6.74. The van der Waals surface area contributed by atoms with Crippen molar-refractivity contribution in [2.45, 2.75) is 6.92 Å². The number of amides is 2. The van der Waals surface area contributed by atoms with Crippen molar-refractivity contribution in [1.82, 2.24) is 14.9 Å². The van der Waals surface area contributed by atoms with Crippen LogP contribution in [-0.2, 0) is 4.79 Å². The molecule has 120 valence electrons. The summed E-state index contributed by atoms with van der Waals surface area (Å²) in [7, 11) is 0. The monoisotopic (exact) mass is 331 g/mol. The van der Waals surface area contributed by atoms with Gasteiger partial charge < -0.3 is 15.1 Å². The first kappa shape index (κ1) is 15.4. The molecule has 0 aliphatic carbocycles. The number of thiophene rings is 1. The van der Waals surface area contributed by atoms with Crippen molar-refractivity contribution in [2.24, 2.45) is 0 Å². The van der Waals surface area contributed by atoms with Crippen LogP contribution in [0.2, 0.25) is 0 Å². The first-order chi connectivity index (χ1) is 11.1. The quantitative estimate of drug-likeness (QED) is 0.921. The van der Waals surface area contributed by atoms with Crippen LogP contribution in [0.4, 0.5) is 10.9 Å². The number of piperazine rings is 1. The summed E-state index contributed by atoms with van der Waals surface area (Å²) in [6.07, 6.45) is 3.43. The number of rotatable bonds is 3. The highest BCUT2D eigenvalue weighted by Crippen LogP contribution is 2.24. The lowest BCUT2D eigenvalue weighted by Gasteiger charge is -2.34. The van der Waals surface area contributed by atoms with Crippen LogP contribution >= 0.6 is 11.3 Å². The zero-order valence-corrected chi connectivity index (χ0v) is 13.5. The van der Waals surface area contributed by atoms with Gasteiger partial charge in [0.2, 0.25) is 11.9 Å². The molecular weight excluding hydrogens is 314 g/mol. The average molecular weight is 331 g/mol. The summed E-state index contributed by atoms with van der Waals surface area (Å²) in [4.78, 5) is 36.6. The molecule has 0 saturated carbocycles. The highest BCUT2D eigenvalue weighted by Gasteiger charge is 2.24. The molecule has 0 spiro atoms. The fraction of sp³-hybridized carbons (Fsp3) is 0.333. The molecule has 1 fully saturated rings. The summed E-state index contributed by atoms with van der Waals surface area (Å²) in [6, 6.07) is 5.30. The van der Waals surface area contributed by atoms with Crippen molar-refractivity contribution in [2.75, 3.05) is 36.4 Å². The molecule has 8 heteroatoms. The van der Waals surface area contributed by atoms with Gasteiger partial charge in [0.25, 0.3) is 5.91 Å². The average Bonchev–Trinajstić information content (AvgIpc) is 3.03. The molecule has 0 unspecified atom stereocenters. The summed E-state index contributed by atoms with van der Waals surface area (Å²) < 4.78 is 0. The van der Waals surface area contributed by atoms with Gasteiger partial charge >= 0.3 is 0 Å². The summed E-state index contributed by atoms with van der Waals surface area (Å²) in [5, 5.41) is 3.39. The molecule has 0 aromatic carbocycles. The maximum atomic E-state index is 12.5. The number of carbonyl (C=O) groups excluding carboxylic acids is 2. The number of hydrogen-bond donors (Lipinski definition) is 1. The maximum absolute atomic E-state index is 12.5. The minimum atomic E-state index is -0.137. The fourth-order valence-electron chi connectivity index (χ4n) is 2.41. The molecule has 0 radical (unpaired) electrons. The lowest BCUT2D eigenvalue weighted by molar-refractivity contribution is -0.114. The molecule has 7 nitrogen and oxygen atoms in total. The van der Waals surface area contributed by atoms with Crippen LogP contribution in [0.25, 0.3) is 0 Å². The van der Waals surface area contributed by atoms with Crippen molar-refractivity contribution in [3.63, 3.8) is 0 Å². The van der Waals surface area contributed by atoms with Crippen molar-refractivity contribution in [3.8, 4) is 0 Å². The third kappa shape index (κ3) is 3.65. The molecule has 2 amide bonds. The molecule has 1 aliphatic rings. The van der Waals surface area contributed by atoms with E-state index < -0.39 is 0 Å². The van der Waals surface area contributed by atoms with Crippen LogP contribution in [0.5, 0.6) is 0 Å². The van der Waals surface area contributed by atoms with E-state index in [0.717, 1.165) is 0 Å². The van der Waals surface area contributed by atoms with Crippen molar-refractivity contribution in [1.29, 1.82) is 0 Å². The van der Waals surface area contributed by atoms with Gasteiger partial charge in [0, 0.05) is 45.5 Å². The second-order valence-electron chi connectivity index (χ2n) is 5.17. The Morgan fingerprint density at radius 3 is 2.48 bits per heavy atom. The Morgan fingerprint density at radius 2 is 1.83 bits per heavy atom. The topological polar surface area (TPSA) is 78.4 Å². The van der Waals surface area contributed by atoms with Gasteiger partial charge in [-0.05, 0) is 18.2 Å². The standard InChI is InChI=1S/C15H17N5O2S/c1-11(21)18-13-4-3-12(23-13)14(22)19-7-9-20(10-8-19)15-16-5-2-6-17-15/h2-6H,7-10H2,1H3,(H,18,21). The molecule has 3 heterocycles. The van der Waals surface area contributed by atoms with E-state index >= 15 is 0 Å². The Hall–Kier alpha value is -2.48. The van der Waals surface area contributed by atoms with Gasteiger partial charge in [-0.15, -0.1) is 11.3 Å². The van der Waals surface area contributed by atoms with Gasteiger partial charge in [0.05, 0.1) is 9.88 Å². The predicted octanol–water partition coefficient (Wildman–Crippen LogP) is 1.46.